The Morgan fingerprint density at radius 2 is 1.70 bits per heavy atom. The van der Waals surface area contributed by atoms with E-state index in [-0.39, 0.29) is 5.56 Å². The van der Waals surface area contributed by atoms with E-state index >= 15 is 0 Å². The predicted molar refractivity (Wildman–Crippen MR) is 116 cm³/mol. The van der Waals surface area contributed by atoms with Crippen LogP contribution in [0.2, 0.25) is 0 Å². The molecule has 2 aromatic carbocycles. The lowest BCUT2D eigenvalue weighted by Gasteiger charge is -2.23. The van der Waals surface area contributed by atoms with E-state index in [4.69, 9.17) is 9.47 Å². The maximum Gasteiger partial charge on any atom is 0.416 e. The summed E-state index contributed by atoms with van der Waals surface area (Å²) in [6.07, 6.45) is -1.22. The van der Waals surface area contributed by atoms with Gasteiger partial charge in [0.05, 0.1) is 25.8 Å². The van der Waals surface area contributed by atoms with Gasteiger partial charge in [0.15, 0.2) is 0 Å². The summed E-state index contributed by atoms with van der Waals surface area (Å²) < 4.78 is 52.5. The first-order chi connectivity index (χ1) is 15.6. The number of carbonyl (C=O) groups excluding carboxylic acids is 1. The van der Waals surface area contributed by atoms with Crippen molar-refractivity contribution in [3.8, 4) is 11.5 Å². The summed E-state index contributed by atoms with van der Waals surface area (Å²) in [6, 6.07) is 8.01. The van der Waals surface area contributed by atoms with E-state index in [1.54, 1.807) is 42.2 Å². The Balaban J connectivity index is 1.89. The van der Waals surface area contributed by atoms with Crippen molar-refractivity contribution in [1.29, 1.82) is 0 Å². The summed E-state index contributed by atoms with van der Waals surface area (Å²) in [5.74, 6) is 1.54. The van der Waals surface area contributed by atoms with E-state index in [0.29, 0.717) is 22.9 Å². The van der Waals surface area contributed by atoms with E-state index in [2.05, 4.69) is 15.6 Å². The normalized spacial score (nSPS) is 13.2. The van der Waals surface area contributed by atoms with Crippen molar-refractivity contribution in [3.63, 3.8) is 0 Å². The Kier molecular flexibility index (Phi) is 7.15. The molecule has 1 aromatic heterocycles. The third kappa shape index (κ3) is 5.57. The van der Waals surface area contributed by atoms with Crippen LogP contribution >= 0.6 is 0 Å². The summed E-state index contributed by atoms with van der Waals surface area (Å²) in [6.45, 7) is 1.49. The Labute approximate surface area is 189 Å². The summed E-state index contributed by atoms with van der Waals surface area (Å²) >= 11 is 0. The molecule has 0 aliphatic heterocycles. The molecule has 0 spiro atoms. The second kappa shape index (κ2) is 9.85. The molecule has 10 heteroatoms. The number of methoxy groups -OCH3 is 2. The fraction of sp³-hybridized carbons (Fsp3) is 0.304. The van der Waals surface area contributed by atoms with Crippen LogP contribution in [0.5, 0.6) is 11.5 Å². The molecule has 1 heterocycles. The minimum Gasteiger partial charge on any atom is -0.497 e. The van der Waals surface area contributed by atoms with Crippen LogP contribution in [0.25, 0.3) is 0 Å². The third-order valence-electron chi connectivity index (χ3n) is 5.18. The minimum atomic E-state index is -4.53. The number of aromatic nitrogens is 2. The zero-order valence-electron chi connectivity index (χ0n) is 18.6. The monoisotopic (exact) mass is 462 g/mol. The maximum absolute atomic E-state index is 13.4. The number of nitrogens with zero attached hydrogens (tertiary/aromatic N) is 2. The van der Waals surface area contributed by atoms with Gasteiger partial charge in [-0.25, -0.2) is 9.78 Å². The van der Waals surface area contributed by atoms with Gasteiger partial charge >= 0.3 is 12.2 Å². The van der Waals surface area contributed by atoms with E-state index < -0.39 is 29.9 Å². The summed E-state index contributed by atoms with van der Waals surface area (Å²) in [7, 11) is 4.79. The van der Waals surface area contributed by atoms with Gasteiger partial charge in [0, 0.05) is 25.5 Å². The van der Waals surface area contributed by atoms with E-state index in [1.807, 2.05) is 0 Å². The van der Waals surface area contributed by atoms with E-state index in [1.165, 1.54) is 39.3 Å². The smallest absolute Gasteiger partial charge is 0.416 e. The number of imidazole rings is 1. The molecule has 0 saturated heterocycles. The highest BCUT2D eigenvalue weighted by molar-refractivity contribution is 5.75. The first-order valence-corrected chi connectivity index (χ1v) is 10.1. The van der Waals surface area contributed by atoms with Crippen molar-refractivity contribution < 1.29 is 27.4 Å². The molecule has 0 saturated carbocycles. The Bertz CT molecular complexity index is 1090. The summed E-state index contributed by atoms with van der Waals surface area (Å²) in [5.41, 5.74) is -0.202. The quantitative estimate of drug-likeness (QED) is 0.538. The lowest BCUT2D eigenvalue weighted by atomic mass is 10.0. The van der Waals surface area contributed by atoms with Crippen molar-refractivity contribution >= 4 is 6.03 Å². The molecule has 7 nitrogen and oxygen atoms in total. The molecule has 33 heavy (non-hydrogen) atoms. The molecular formula is C23H25F3N4O3. The largest absolute Gasteiger partial charge is 0.497 e. The fourth-order valence-electron chi connectivity index (χ4n) is 3.53. The molecule has 2 unspecified atom stereocenters. The molecule has 3 aromatic rings. The van der Waals surface area contributed by atoms with Crippen LogP contribution in [0, 0.1) is 0 Å². The SMILES string of the molecule is COc1cc(OC)cc(C(NC(=O)NC(C)c2ccccc2C(F)(F)F)c2nccn2C)c1. The molecule has 0 fully saturated rings. The fourth-order valence-corrected chi connectivity index (χ4v) is 3.53. The van der Waals surface area contributed by atoms with Crippen molar-refractivity contribution in [3.05, 3.63) is 77.4 Å². The highest BCUT2D eigenvalue weighted by Gasteiger charge is 2.34. The average Bonchev–Trinajstić information content (AvgIpc) is 3.21. The van der Waals surface area contributed by atoms with Crippen LogP contribution in [0.1, 0.15) is 41.5 Å². The van der Waals surface area contributed by atoms with Crippen molar-refractivity contribution in [1.82, 2.24) is 20.2 Å². The lowest BCUT2D eigenvalue weighted by molar-refractivity contribution is -0.138. The number of nitrogens with one attached hydrogen (secondary N) is 2. The second-order valence-corrected chi connectivity index (χ2v) is 7.40. The number of benzene rings is 2. The molecule has 0 aliphatic carbocycles. The van der Waals surface area contributed by atoms with Gasteiger partial charge in [-0.3, -0.25) is 0 Å². The Morgan fingerprint density at radius 1 is 1.06 bits per heavy atom. The lowest BCUT2D eigenvalue weighted by Crippen LogP contribution is -2.40. The molecule has 2 atom stereocenters. The van der Waals surface area contributed by atoms with Crippen molar-refractivity contribution in [2.45, 2.75) is 25.2 Å². The van der Waals surface area contributed by atoms with Gasteiger partial charge in [0.2, 0.25) is 0 Å². The van der Waals surface area contributed by atoms with Gasteiger partial charge in [-0.1, -0.05) is 18.2 Å². The topological polar surface area (TPSA) is 77.4 Å². The van der Waals surface area contributed by atoms with Gasteiger partial charge in [0.1, 0.15) is 23.4 Å². The standard InChI is InChI=1S/C23H25F3N4O3/c1-14(18-7-5-6-8-19(18)23(24,25)26)28-22(31)29-20(21-27-9-10-30(21)2)15-11-16(32-3)13-17(12-15)33-4/h5-14,20H,1-4H3,(H2,28,29,31). The molecule has 176 valence electrons. The molecule has 0 aliphatic rings. The van der Waals surface area contributed by atoms with Crippen LogP contribution in [-0.4, -0.2) is 29.8 Å². The van der Waals surface area contributed by atoms with Crippen molar-refractivity contribution in [2.75, 3.05) is 14.2 Å². The highest BCUT2D eigenvalue weighted by atomic mass is 19.4. The molecule has 0 radical (unpaired) electrons. The number of halogens is 3. The molecule has 0 bridgehead atoms. The second-order valence-electron chi connectivity index (χ2n) is 7.40. The van der Waals surface area contributed by atoms with E-state index in [9.17, 15) is 18.0 Å². The van der Waals surface area contributed by atoms with Crippen LogP contribution in [0.4, 0.5) is 18.0 Å². The van der Waals surface area contributed by atoms with Gasteiger partial charge in [-0.05, 0) is 36.2 Å². The predicted octanol–water partition coefficient (Wildman–Crippen LogP) is 4.61. The molecule has 2 N–H and O–H groups in total. The number of aryl methyl sites for hydroxylation is 1. The van der Waals surface area contributed by atoms with Crippen molar-refractivity contribution in [2.24, 2.45) is 7.05 Å². The van der Waals surface area contributed by atoms with Gasteiger partial charge < -0.3 is 24.7 Å². The molecule has 3 rings (SSSR count). The van der Waals surface area contributed by atoms with Gasteiger partial charge in [0.25, 0.3) is 0 Å². The number of hydrogen-bond acceptors (Lipinski definition) is 4. The molecular weight excluding hydrogens is 437 g/mol. The minimum absolute atomic E-state index is 0.0308. The van der Waals surface area contributed by atoms with E-state index in [0.717, 1.165) is 6.07 Å². The van der Waals surface area contributed by atoms with Gasteiger partial charge in [-0.2, -0.15) is 13.2 Å². The Hall–Kier alpha value is -3.69. The molecule has 2 amide bonds. The Morgan fingerprint density at radius 3 is 2.24 bits per heavy atom. The third-order valence-corrected chi connectivity index (χ3v) is 5.18. The van der Waals surface area contributed by atoms with Crippen LogP contribution < -0.4 is 20.1 Å². The first-order valence-electron chi connectivity index (χ1n) is 10.1. The highest BCUT2D eigenvalue weighted by Crippen LogP contribution is 2.34. The average molecular weight is 462 g/mol. The number of hydrogen-bond donors (Lipinski definition) is 2. The number of urea groups is 1. The number of carbonyl (C=O) groups is 1. The zero-order valence-corrected chi connectivity index (χ0v) is 18.6. The number of ether oxygens (including phenoxy) is 2. The van der Waals surface area contributed by atoms with Crippen LogP contribution in [0.15, 0.2) is 54.9 Å². The summed E-state index contributed by atoms with van der Waals surface area (Å²) in [5, 5.41) is 5.41. The van der Waals surface area contributed by atoms with Gasteiger partial charge in [-0.15, -0.1) is 0 Å². The number of amides is 2. The van der Waals surface area contributed by atoms with Crippen LogP contribution in [0.3, 0.4) is 0 Å². The zero-order chi connectivity index (χ0) is 24.2. The number of alkyl halides is 3. The first kappa shape index (κ1) is 24.0. The maximum atomic E-state index is 13.4. The summed E-state index contributed by atoms with van der Waals surface area (Å²) in [4.78, 5) is 17.2. The van der Waals surface area contributed by atoms with Crippen LogP contribution in [-0.2, 0) is 13.2 Å². The number of rotatable bonds is 7.